The number of allylic oxidation sites excluding steroid dienone is 1. The first kappa shape index (κ1) is 51.5. The van der Waals surface area contributed by atoms with Gasteiger partial charge in [0, 0.05) is 43.1 Å². The Morgan fingerprint density at radius 1 is 0.432 bits per heavy atom. The lowest BCUT2D eigenvalue weighted by molar-refractivity contribution is 0.414. The summed E-state index contributed by atoms with van der Waals surface area (Å²) in [6, 6.07) is 53.5. The Morgan fingerprint density at radius 3 is 1.18 bits per heavy atom. The molecular weight excluding hydrogens is 913 g/mol. The second-order valence-electron chi connectivity index (χ2n) is 22.3. The van der Waals surface area contributed by atoms with Crippen molar-refractivity contribution in [2.75, 3.05) is 4.90 Å². The van der Waals surface area contributed by atoms with Crippen LogP contribution < -0.4 is 4.90 Å². The highest BCUT2D eigenvalue weighted by Gasteiger charge is 2.46. The molecule has 0 fully saturated rings. The van der Waals surface area contributed by atoms with Crippen LogP contribution in [0.3, 0.4) is 0 Å². The van der Waals surface area contributed by atoms with Gasteiger partial charge < -0.3 is 4.90 Å². The van der Waals surface area contributed by atoms with Crippen molar-refractivity contribution in [2.24, 2.45) is 0 Å². The van der Waals surface area contributed by atoms with E-state index in [1.807, 2.05) is 13.0 Å². The van der Waals surface area contributed by atoms with Gasteiger partial charge in [-0.1, -0.05) is 197 Å². The van der Waals surface area contributed by atoms with Crippen LogP contribution in [-0.2, 0) is 16.2 Å². The molecule has 380 valence electrons. The van der Waals surface area contributed by atoms with Crippen LogP contribution in [0.25, 0.3) is 54.7 Å². The average Bonchev–Trinajstić information content (AvgIpc) is 4.16. The number of anilines is 3. The summed E-state index contributed by atoms with van der Waals surface area (Å²) >= 11 is 1.80. The zero-order valence-corrected chi connectivity index (χ0v) is 46.6. The van der Waals surface area contributed by atoms with E-state index in [9.17, 15) is 0 Å². The van der Waals surface area contributed by atoms with Crippen LogP contribution in [0.2, 0.25) is 0 Å². The minimum atomic E-state index is -0.112. The molecule has 2 nitrogen and oxygen atoms in total. The third-order valence-corrected chi connectivity index (χ3v) is 18.9. The van der Waals surface area contributed by atoms with Gasteiger partial charge in [0.1, 0.15) is 0 Å². The van der Waals surface area contributed by atoms with Gasteiger partial charge in [-0.05, 0) is 178 Å². The largest absolute Gasteiger partial charge is 0.310 e. The smallest absolute Gasteiger partial charge is 0.163 e. The second-order valence-corrected chi connectivity index (χ2v) is 23.5. The lowest BCUT2D eigenvalue weighted by Crippen LogP contribution is -2.27. The molecule has 0 saturated heterocycles. The van der Waals surface area contributed by atoms with Crippen LogP contribution in [0, 0.1) is 6.57 Å². The molecule has 0 atom stereocenters. The molecule has 0 amide bonds. The summed E-state index contributed by atoms with van der Waals surface area (Å²) in [5, 5.41) is 0. The summed E-state index contributed by atoms with van der Waals surface area (Å²) < 4.78 is 0. The van der Waals surface area contributed by atoms with Crippen molar-refractivity contribution in [3.05, 3.63) is 189 Å². The number of fused-ring (bicyclic) bond motifs is 9. The summed E-state index contributed by atoms with van der Waals surface area (Å²) in [5.41, 5.74) is 23.3. The van der Waals surface area contributed by atoms with Gasteiger partial charge in [0.2, 0.25) is 0 Å². The molecule has 0 N–H and O–H groups in total. The third kappa shape index (κ3) is 8.92. The molecule has 10 rings (SSSR count). The molecule has 0 saturated carbocycles. The number of hydrogen-bond acceptors (Lipinski definition) is 2. The van der Waals surface area contributed by atoms with Crippen LogP contribution in [0.1, 0.15) is 202 Å². The number of hydrogen-bond donors (Lipinski definition) is 0. The molecule has 0 spiro atoms. The van der Waals surface area contributed by atoms with Gasteiger partial charge in [-0.3, -0.25) is 0 Å². The van der Waals surface area contributed by atoms with Gasteiger partial charge in [-0.25, -0.2) is 4.85 Å². The highest BCUT2D eigenvalue weighted by molar-refractivity contribution is 7.16. The van der Waals surface area contributed by atoms with E-state index in [4.69, 9.17) is 6.57 Å². The Bertz CT molecular complexity index is 3060. The summed E-state index contributed by atoms with van der Waals surface area (Å²) in [4.78, 5) is 8.77. The number of nitrogens with zero attached hydrogens (tertiary/aromatic N) is 2. The first-order valence-corrected chi connectivity index (χ1v) is 29.8. The highest BCUT2D eigenvalue weighted by Crippen LogP contribution is 2.60. The van der Waals surface area contributed by atoms with Gasteiger partial charge in [-0.15, -0.1) is 11.3 Å². The van der Waals surface area contributed by atoms with Crippen LogP contribution in [0.4, 0.5) is 17.1 Å². The predicted octanol–water partition coefficient (Wildman–Crippen LogP) is 22.1. The quantitative estimate of drug-likeness (QED) is 0.0580. The summed E-state index contributed by atoms with van der Waals surface area (Å²) in [6.45, 7) is 23.7. The molecular formula is C71H80N2S. The van der Waals surface area contributed by atoms with Crippen molar-refractivity contribution in [1.82, 2.24) is 0 Å². The predicted molar refractivity (Wildman–Crippen MR) is 320 cm³/mol. The zero-order valence-electron chi connectivity index (χ0n) is 45.8. The fourth-order valence-electron chi connectivity index (χ4n) is 14.1. The van der Waals surface area contributed by atoms with Gasteiger partial charge in [-0.2, -0.15) is 0 Å². The van der Waals surface area contributed by atoms with E-state index in [0.29, 0.717) is 0 Å². The molecule has 0 aliphatic heterocycles. The van der Waals surface area contributed by atoms with Crippen LogP contribution in [0.5, 0.6) is 0 Å². The van der Waals surface area contributed by atoms with Crippen molar-refractivity contribution in [3.63, 3.8) is 0 Å². The molecule has 7 aromatic rings. The van der Waals surface area contributed by atoms with Crippen LogP contribution in [0.15, 0.2) is 139 Å². The van der Waals surface area contributed by atoms with Crippen LogP contribution in [-0.4, -0.2) is 0 Å². The minimum Gasteiger partial charge on any atom is -0.310 e. The molecule has 0 radical (unpaired) electrons. The fourth-order valence-corrected chi connectivity index (χ4v) is 15.1. The van der Waals surface area contributed by atoms with E-state index in [0.717, 1.165) is 36.3 Å². The van der Waals surface area contributed by atoms with Crippen molar-refractivity contribution >= 4 is 34.5 Å². The number of unbranched alkanes of at least 4 members (excludes halogenated alkanes) is 6. The average molecular weight is 994 g/mol. The number of rotatable bonds is 23. The molecule has 6 aromatic carbocycles. The van der Waals surface area contributed by atoms with Crippen molar-refractivity contribution in [1.29, 1.82) is 0 Å². The van der Waals surface area contributed by atoms with E-state index in [-0.39, 0.29) is 16.2 Å². The molecule has 0 unspecified atom stereocenters. The minimum absolute atomic E-state index is 0.0171. The maximum absolute atomic E-state index is 7.56. The Morgan fingerprint density at radius 2 is 0.784 bits per heavy atom. The molecule has 74 heavy (non-hydrogen) atoms. The summed E-state index contributed by atoms with van der Waals surface area (Å²) in [5.74, 6) is 0. The van der Waals surface area contributed by atoms with Crippen molar-refractivity contribution in [2.45, 2.75) is 180 Å². The normalized spacial score (nSPS) is 15.0. The molecule has 3 aliphatic rings. The van der Waals surface area contributed by atoms with E-state index in [2.05, 4.69) is 185 Å². The lowest BCUT2D eigenvalue weighted by Gasteiger charge is -2.36. The standard InChI is InChI=1S/C71H80N2S/c1-9-15-39-69(40-16-10-2)62-27-23-21-25-56(62)59-35-30-52(47-65(59)69)73(53-31-36-60-57-26-22-24-28-63(57)70(41-17-11-3,42-18-12-4)66(60)48-53)54-32-37-61-58-34-29-51(68-38-33-55(74-68)45-50(7)72-8)46-64(58)71(43-19-13-5,44-20-14-6)67(61)49-54/h21-38,45-49H,9-20,39-44H2,1-7H3/b50-45-. The number of thiophene rings is 1. The van der Waals surface area contributed by atoms with Gasteiger partial charge in [0.25, 0.3) is 0 Å². The third-order valence-electron chi connectivity index (χ3n) is 17.8. The van der Waals surface area contributed by atoms with E-state index >= 15 is 0 Å². The summed E-state index contributed by atoms with van der Waals surface area (Å²) in [7, 11) is 0. The van der Waals surface area contributed by atoms with E-state index in [1.54, 1.807) is 11.3 Å². The fraction of sp³-hybridized carbons (Fsp3) is 0.394. The maximum Gasteiger partial charge on any atom is 0.163 e. The van der Waals surface area contributed by atoms with E-state index < -0.39 is 0 Å². The molecule has 0 bridgehead atoms. The van der Waals surface area contributed by atoms with Gasteiger partial charge >= 0.3 is 0 Å². The molecule has 1 aromatic heterocycles. The molecule has 1 heterocycles. The summed E-state index contributed by atoms with van der Waals surface area (Å²) in [6.07, 6.45) is 23.3. The van der Waals surface area contributed by atoms with Crippen molar-refractivity contribution in [3.8, 4) is 43.8 Å². The SMILES string of the molecule is [C-]#[N+]/C(C)=C\c1ccc(-c2ccc3c(c2)C(CCCC)(CCCC)c2cc(N(c4ccc5c(c4)C(CCCC)(CCCC)c4ccccc4-5)c4ccc5c(c4)C(CCCC)(CCCC)c4ccccc4-5)ccc2-3)s1. The zero-order chi connectivity index (χ0) is 51.5. The molecule has 3 heteroatoms. The van der Waals surface area contributed by atoms with Gasteiger partial charge in [0.05, 0.1) is 6.57 Å². The molecule has 3 aliphatic carbocycles. The van der Waals surface area contributed by atoms with E-state index in [1.165, 1.54) is 184 Å². The van der Waals surface area contributed by atoms with Gasteiger partial charge in [0.15, 0.2) is 5.70 Å². The van der Waals surface area contributed by atoms with Crippen molar-refractivity contribution < 1.29 is 0 Å². The monoisotopic (exact) mass is 993 g/mol. The lowest BCUT2D eigenvalue weighted by atomic mass is 9.70. The first-order valence-electron chi connectivity index (χ1n) is 29.0. The second kappa shape index (κ2) is 22.1. The Kier molecular flexibility index (Phi) is 15.4. The Balaban J connectivity index is 1.20. The highest BCUT2D eigenvalue weighted by atomic mass is 32.1. The van der Waals surface area contributed by atoms with Crippen LogP contribution >= 0.6 is 11.3 Å². The first-order chi connectivity index (χ1) is 36.2. The topological polar surface area (TPSA) is 7.60 Å². The maximum atomic E-state index is 7.56. The Hall–Kier alpha value is -5.95. The number of benzene rings is 6. The Labute approximate surface area is 449 Å².